The van der Waals surface area contributed by atoms with Gasteiger partial charge in [0.05, 0.1) is 0 Å². The van der Waals surface area contributed by atoms with Crippen molar-refractivity contribution in [3.05, 3.63) is 23.8 Å². The second-order valence-electron chi connectivity index (χ2n) is 2.23. The lowest BCUT2D eigenvalue weighted by molar-refractivity contribution is 0.475. The number of phenolic OH excluding ortho intramolecular Hbond substituents is 1. The first kappa shape index (κ1) is 7.16. The van der Waals surface area contributed by atoms with Crippen molar-refractivity contribution >= 4 is 12.9 Å². The van der Waals surface area contributed by atoms with Gasteiger partial charge < -0.3 is 10.1 Å². The molecule has 0 spiro atoms. The van der Waals surface area contributed by atoms with Gasteiger partial charge in [-0.1, -0.05) is 6.07 Å². The van der Waals surface area contributed by atoms with Crippen LogP contribution < -0.4 is 5.46 Å². The summed E-state index contributed by atoms with van der Waals surface area (Å²) in [5.74, 6) is 0.181. The quantitative estimate of drug-likeness (QED) is 0.529. The van der Waals surface area contributed by atoms with Crippen LogP contribution in [0.25, 0.3) is 0 Å². The molecule has 1 aromatic rings. The fourth-order valence-corrected chi connectivity index (χ4v) is 0.866. The van der Waals surface area contributed by atoms with Crippen molar-refractivity contribution in [2.45, 2.75) is 6.92 Å². The van der Waals surface area contributed by atoms with Crippen LogP contribution in [-0.4, -0.2) is 17.6 Å². The molecule has 0 fully saturated rings. The minimum absolute atomic E-state index is 0.181. The molecule has 2 N–H and O–H groups in total. The number of benzene rings is 1. The fraction of sp³-hybridized carbons (Fsp3) is 0.143. The van der Waals surface area contributed by atoms with Crippen molar-refractivity contribution < 1.29 is 10.1 Å². The Morgan fingerprint density at radius 2 is 2.00 bits per heavy atom. The number of phenols is 1. The van der Waals surface area contributed by atoms with Crippen LogP contribution in [0.1, 0.15) is 5.56 Å². The maximum Gasteiger partial charge on any atom is 0.326 e. The highest BCUT2D eigenvalue weighted by Crippen LogP contribution is 2.07. The molecule has 51 valence electrons. The Morgan fingerprint density at radius 3 is 2.50 bits per heavy atom. The van der Waals surface area contributed by atoms with Gasteiger partial charge in [0.2, 0.25) is 0 Å². The van der Waals surface area contributed by atoms with E-state index in [9.17, 15) is 0 Å². The highest BCUT2D eigenvalue weighted by molar-refractivity contribution is 6.45. The second kappa shape index (κ2) is 2.75. The van der Waals surface area contributed by atoms with Gasteiger partial charge in [0.25, 0.3) is 0 Å². The van der Waals surface area contributed by atoms with E-state index in [1.165, 1.54) is 6.07 Å². The predicted octanol–water partition coefficient (Wildman–Crippen LogP) is -0.0626. The second-order valence-corrected chi connectivity index (χ2v) is 2.23. The van der Waals surface area contributed by atoms with Crippen molar-refractivity contribution in [1.82, 2.24) is 0 Å². The molecule has 10 heavy (non-hydrogen) atoms. The summed E-state index contributed by atoms with van der Waals surface area (Å²) >= 11 is 0. The van der Waals surface area contributed by atoms with E-state index >= 15 is 0 Å². The summed E-state index contributed by atoms with van der Waals surface area (Å²) in [7, 11) is 0.965. The Bertz CT molecular complexity index is 215. The standard InChI is InChI=1S/C7H8BO2/c1-5-2-6(8-10)4-7(9)3-5/h2-4,9-10H,1H3. The molecule has 1 aromatic carbocycles. The molecule has 0 amide bonds. The van der Waals surface area contributed by atoms with Gasteiger partial charge in [-0.3, -0.25) is 0 Å². The smallest absolute Gasteiger partial charge is 0.326 e. The molecule has 0 aromatic heterocycles. The molecule has 3 heteroatoms. The molecule has 1 radical (unpaired) electrons. The van der Waals surface area contributed by atoms with Crippen LogP contribution in [0, 0.1) is 6.92 Å². The van der Waals surface area contributed by atoms with Crippen molar-refractivity contribution in [2.24, 2.45) is 0 Å². The Labute approximate surface area is 60.4 Å². The summed E-state index contributed by atoms with van der Waals surface area (Å²) in [6, 6.07) is 4.90. The topological polar surface area (TPSA) is 40.5 Å². The number of aromatic hydroxyl groups is 1. The molecule has 0 unspecified atom stereocenters. The van der Waals surface area contributed by atoms with E-state index < -0.39 is 0 Å². The van der Waals surface area contributed by atoms with E-state index in [1.807, 2.05) is 6.92 Å². The highest BCUT2D eigenvalue weighted by Gasteiger charge is 1.96. The van der Waals surface area contributed by atoms with Crippen LogP contribution in [-0.2, 0) is 0 Å². The molecule has 0 aliphatic rings. The molecule has 0 atom stereocenters. The van der Waals surface area contributed by atoms with Crippen LogP contribution in [0.2, 0.25) is 0 Å². The lowest BCUT2D eigenvalue weighted by Crippen LogP contribution is -2.12. The van der Waals surface area contributed by atoms with Gasteiger partial charge in [0.1, 0.15) is 5.75 Å². The average Bonchev–Trinajstić information content (AvgIpc) is 1.85. The minimum atomic E-state index is 0.181. The maximum atomic E-state index is 8.99. The zero-order valence-electron chi connectivity index (χ0n) is 5.70. The Morgan fingerprint density at radius 1 is 1.30 bits per heavy atom. The van der Waals surface area contributed by atoms with Crippen LogP contribution in [0.3, 0.4) is 0 Å². The number of rotatable bonds is 1. The van der Waals surface area contributed by atoms with Gasteiger partial charge in [0, 0.05) is 0 Å². The van der Waals surface area contributed by atoms with Gasteiger partial charge >= 0.3 is 7.48 Å². The summed E-state index contributed by atoms with van der Waals surface area (Å²) in [5, 5.41) is 17.5. The number of hydrogen-bond donors (Lipinski definition) is 2. The van der Waals surface area contributed by atoms with Gasteiger partial charge in [0.15, 0.2) is 0 Å². The van der Waals surface area contributed by atoms with Gasteiger partial charge in [-0.2, -0.15) is 0 Å². The molecule has 0 saturated heterocycles. The van der Waals surface area contributed by atoms with Crippen LogP contribution >= 0.6 is 0 Å². The third kappa shape index (κ3) is 1.51. The highest BCUT2D eigenvalue weighted by atomic mass is 16.3. The van der Waals surface area contributed by atoms with E-state index in [0.717, 1.165) is 13.0 Å². The zero-order valence-corrected chi connectivity index (χ0v) is 5.70. The lowest BCUT2D eigenvalue weighted by atomic mass is 9.87. The van der Waals surface area contributed by atoms with E-state index in [1.54, 1.807) is 12.1 Å². The monoisotopic (exact) mass is 135 g/mol. The Kier molecular flexibility index (Phi) is 1.97. The van der Waals surface area contributed by atoms with E-state index in [0.29, 0.717) is 5.46 Å². The summed E-state index contributed by atoms with van der Waals surface area (Å²) in [6.07, 6.45) is 0. The van der Waals surface area contributed by atoms with Crippen molar-refractivity contribution in [2.75, 3.05) is 0 Å². The van der Waals surface area contributed by atoms with E-state index in [4.69, 9.17) is 10.1 Å². The van der Waals surface area contributed by atoms with E-state index in [2.05, 4.69) is 0 Å². The summed E-state index contributed by atoms with van der Waals surface area (Å²) in [6.45, 7) is 1.85. The molecule has 0 bridgehead atoms. The molecular weight excluding hydrogens is 127 g/mol. The fourth-order valence-electron chi connectivity index (χ4n) is 0.866. The summed E-state index contributed by atoms with van der Waals surface area (Å²) < 4.78 is 0. The third-order valence-electron chi connectivity index (χ3n) is 1.23. The first-order chi connectivity index (χ1) is 4.72. The van der Waals surface area contributed by atoms with Crippen molar-refractivity contribution in [1.29, 1.82) is 0 Å². The molecule has 2 nitrogen and oxygen atoms in total. The van der Waals surface area contributed by atoms with Crippen molar-refractivity contribution in [3.8, 4) is 5.75 Å². The molecular formula is C7H8BO2. The molecule has 0 aliphatic heterocycles. The Hall–Kier alpha value is -0.955. The first-order valence-corrected chi connectivity index (χ1v) is 3.00. The first-order valence-electron chi connectivity index (χ1n) is 3.00. The van der Waals surface area contributed by atoms with Gasteiger partial charge in [-0.15, -0.1) is 0 Å². The molecule has 0 heterocycles. The van der Waals surface area contributed by atoms with Crippen molar-refractivity contribution in [3.63, 3.8) is 0 Å². The molecule has 0 saturated carbocycles. The SMILES string of the molecule is Cc1cc(O)cc([B]O)c1. The minimum Gasteiger partial charge on any atom is -0.508 e. The van der Waals surface area contributed by atoms with Crippen LogP contribution in [0.15, 0.2) is 18.2 Å². The molecule has 1 rings (SSSR count). The van der Waals surface area contributed by atoms with Gasteiger partial charge in [-0.25, -0.2) is 0 Å². The van der Waals surface area contributed by atoms with Gasteiger partial charge in [-0.05, 0) is 30.1 Å². The average molecular weight is 135 g/mol. The summed E-state index contributed by atoms with van der Waals surface area (Å²) in [4.78, 5) is 0. The Balaban J connectivity index is 3.06. The van der Waals surface area contributed by atoms with Crippen LogP contribution in [0.5, 0.6) is 5.75 Å². The summed E-state index contributed by atoms with van der Waals surface area (Å²) in [5.41, 5.74) is 1.55. The van der Waals surface area contributed by atoms with E-state index in [-0.39, 0.29) is 5.75 Å². The van der Waals surface area contributed by atoms with Crippen LogP contribution in [0.4, 0.5) is 0 Å². The third-order valence-corrected chi connectivity index (χ3v) is 1.23. The largest absolute Gasteiger partial charge is 0.508 e. The molecule has 0 aliphatic carbocycles. The number of aryl methyl sites for hydroxylation is 1. The number of hydrogen-bond acceptors (Lipinski definition) is 2. The predicted molar refractivity (Wildman–Crippen MR) is 40.5 cm³/mol. The zero-order chi connectivity index (χ0) is 7.56. The normalized spacial score (nSPS) is 9.40. The maximum absolute atomic E-state index is 8.99. The lowest BCUT2D eigenvalue weighted by Gasteiger charge is -1.97.